The third-order valence-corrected chi connectivity index (χ3v) is 14.7. The predicted molar refractivity (Wildman–Crippen MR) is 279 cm³/mol. The van der Waals surface area contributed by atoms with Crippen molar-refractivity contribution in [2.24, 2.45) is 0 Å². The van der Waals surface area contributed by atoms with E-state index in [1.54, 1.807) is 0 Å². The van der Waals surface area contributed by atoms with Crippen molar-refractivity contribution in [3.05, 3.63) is 253 Å². The van der Waals surface area contributed by atoms with Crippen LogP contribution in [0.4, 0.5) is 0 Å². The monoisotopic (exact) mass is 878 g/mol. The number of fused-ring (bicyclic) bond motifs is 17. The second-order valence-corrected chi connectivity index (χ2v) is 18.2. The molecule has 0 unspecified atom stereocenters. The van der Waals surface area contributed by atoms with Gasteiger partial charge in [-0.25, -0.2) is 15.0 Å². The average molecular weight is 879 g/mol. The third kappa shape index (κ3) is 5.27. The predicted octanol–water partition coefficient (Wildman–Crippen LogP) is 15.9. The molecule has 3 aromatic heterocycles. The number of para-hydroxylation sites is 2. The first-order valence-corrected chi connectivity index (χ1v) is 23.5. The highest BCUT2D eigenvalue weighted by atomic mass is 16.3. The lowest BCUT2D eigenvalue weighted by molar-refractivity contribution is 0.666. The molecule has 2 aliphatic rings. The minimum absolute atomic E-state index is 0.449. The van der Waals surface area contributed by atoms with Gasteiger partial charge in [0.05, 0.1) is 22.1 Å². The maximum absolute atomic E-state index is 7.07. The summed E-state index contributed by atoms with van der Waals surface area (Å²) in [5.74, 6) is 1.78. The fourth-order valence-corrected chi connectivity index (χ4v) is 11.9. The largest absolute Gasteiger partial charge is 0.454 e. The molecule has 0 saturated carbocycles. The molecular formula is C64H38N4O. The van der Waals surface area contributed by atoms with Crippen LogP contribution in [0, 0.1) is 0 Å². The molecule has 5 nitrogen and oxygen atoms in total. The summed E-state index contributed by atoms with van der Waals surface area (Å²) in [6.45, 7) is 0. The zero-order valence-corrected chi connectivity index (χ0v) is 37.1. The topological polar surface area (TPSA) is 56.7 Å². The molecule has 0 fully saturated rings. The molecule has 0 N–H and O–H groups in total. The van der Waals surface area contributed by atoms with Crippen LogP contribution in [-0.4, -0.2) is 19.5 Å². The number of rotatable bonds is 5. The summed E-state index contributed by atoms with van der Waals surface area (Å²) >= 11 is 0. The molecule has 0 saturated heterocycles. The van der Waals surface area contributed by atoms with Crippen LogP contribution in [-0.2, 0) is 5.41 Å². The summed E-state index contributed by atoms with van der Waals surface area (Å²) in [5.41, 5.74) is 19.7. The van der Waals surface area contributed by atoms with Gasteiger partial charge < -0.3 is 8.98 Å². The normalized spacial score (nSPS) is 13.0. The Morgan fingerprint density at radius 1 is 0.348 bits per heavy atom. The molecule has 320 valence electrons. The van der Waals surface area contributed by atoms with E-state index in [-0.39, 0.29) is 0 Å². The maximum Gasteiger partial charge on any atom is 0.164 e. The number of hydrogen-bond acceptors (Lipinski definition) is 4. The first-order valence-electron chi connectivity index (χ1n) is 23.5. The number of hydrogen-bond donors (Lipinski definition) is 0. The van der Waals surface area contributed by atoms with Gasteiger partial charge in [0, 0.05) is 38.2 Å². The van der Waals surface area contributed by atoms with Gasteiger partial charge in [0.1, 0.15) is 5.58 Å². The van der Waals surface area contributed by atoms with E-state index in [1.807, 2.05) is 30.3 Å². The Bertz CT molecular complexity index is 4210. The van der Waals surface area contributed by atoms with Gasteiger partial charge in [-0.1, -0.05) is 194 Å². The highest BCUT2D eigenvalue weighted by molar-refractivity contribution is 6.21. The van der Waals surface area contributed by atoms with Gasteiger partial charge in [-0.05, 0) is 92.0 Å². The summed E-state index contributed by atoms with van der Waals surface area (Å²) in [7, 11) is 0. The van der Waals surface area contributed by atoms with Crippen LogP contribution >= 0.6 is 0 Å². The van der Waals surface area contributed by atoms with Crippen LogP contribution in [0.5, 0.6) is 0 Å². The molecule has 0 bridgehead atoms. The zero-order valence-electron chi connectivity index (χ0n) is 37.1. The van der Waals surface area contributed by atoms with Crippen molar-refractivity contribution in [2.75, 3.05) is 0 Å². The lowest BCUT2D eigenvalue weighted by Crippen LogP contribution is -2.25. The van der Waals surface area contributed by atoms with Gasteiger partial charge in [-0.3, -0.25) is 0 Å². The second-order valence-electron chi connectivity index (χ2n) is 18.2. The summed E-state index contributed by atoms with van der Waals surface area (Å²) in [4.78, 5) is 15.7. The molecule has 3 heterocycles. The van der Waals surface area contributed by atoms with E-state index in [2.05, 4.69) is 205 Å². The van der Waals surface area contributed by atoms with E-state index in [0.29, 0.717) is 17.5 Å². The molecule has 0 amide bonds. The van der Waals surface area contributed by atoms with Gasteiger partial charge in [-0.15, -0.1) is 0 Å². The summed E-state index contributed by atoms with van der Waals surface area (Å²) in [6, 6.07) is 82.4. The Kier molecular flexibility index (Phi) is 7.93. The van der Waals surface area contributed by atoms with E-state index in [1.165, 1.54) is 55.3 Å². The van der Waals surface area contributed by atoms with Crippen molar-refractivity contribution in [1.82, 2.24) is 19.5 Å². The summed E-state index contributed by atoms with van der Waals surface area (Å²) < 4.78 is 9.48. The molecular weight excluding hydrogens is 841 g/mol. The molecule has 0 radical (unpaired) electrons. The minimum atomic E-state index is -0.449. The van der Waals surface area contributed by atoms with E-state index >= 15 is 0 Å². The van der Waals surface area contributed by atoms with Crippen LogP contribution in [0.2, 0.25) is 0 Å². The molecule has 5 heteroatoms. The highest BCUT2D eigenvalue weighted by Gasteiger charge is 2.52. The Hall–Kier alpha value is -9.19. The fraction of sp³-hybridized carbons (Fsp3) is 0.0156. The number of aromatic nitrogens is 4. The van der Waals surface area contributed by atoms with Gasteiger partial charge in [0.25, 0.3) is 0 Å². The average Bonchev–Trinajstić information content (AvgIpc) is 4.15. The Labute approximate surface area is 397 Å². The smallest absolute Gasteiger partial charge is 0.164 e. The lowest BCUT2D eigenvalue weighted by Gasteiger charge is -2.30. The van der Waals surface area contributed by atoms with E-state index in [4.69, 9.17) is 19.4 Å². The van der Waals surface area contributed by atoms with Crippen LogP contribution < -0.4 is 0 Å². The molecule has 69 heavy (non-hydrogen) atoms. The van der Waals surface area contributed by atoms with E-state index in [9.17, 15) is 0 Å². The maximum atomic E-state index is 7.07. The lowest BCUT2D eigenvalue weighted by atomic mass is 9.70. The number of nitrogens with zero attached hydrogens (tertiary/aromatic N) is 4. The van der Waals surface area contributed by atoms with Crippen LogP contribution in [0.1, 0.15) is 22.3 Å². The summed E-state index contributed by atoms with van der Waals surface area (Å²) in [6.07, 6.45) is 0. The van der Waals surface area contributed by atoms with Crippen LogP contribution in [0.3, 0.4) is 0 Å². The third-order valence-electron chi connectivity index (χ3n) is 14.7. The quantitative estimate of drug-likeness (QED) is 0.173. The van der Waals surface area contributed by atoms with Crippen molar-refractivity contribution in [3.63, 3.8) is 0 Å². The number of furan rings is 1. The molecule has 1 spiro atoms. The van der Waals surface area contributed by atoms with Gasteiger partial charge in [0.2, 0.25) is 0 Å². The SMILES string of the molecule is c1ccc(-c2cccc(-c3nc(-c4ccccc4)nc(-c4ccc(-n5c6ccccc6c6c7c(ccc65)C5(c6ccccc6-c6ccccc65)c5ccccc5-7)c5oc6ccccc6c45)n3)c2)cc1. The molecule has 0 atom stereocenters. The first-order chi connectivity index (χ1) is 34.2. The van der Waals surface area contributed by atoms with E-state index < -0.39 is 5.41 Å². The van der Waals surface area contributed by atoms with Gasteiger partial charge in [0.15, 0.2) is 23.1 Å². The van der Waals surface area contributed by atoms with Crippen molar-refractivity contribution >= 4 is 43.7 Å². The fourth-order valence-electron chi connectivity index (χ4n) is 11.9. The van der Waals surface area contributed by atoms with Crippen molar-refractivity contribution in [3.8, 4) is 73.2 Å². The molecule has 0 aliphatic heterocycles. The zero-order chi connectivity index (χ0) is 45.2. The Balaban J connectivity index is 0.992. The van der Waals surface area contributed by atoms with Crippen LogP contribution in [0.15, 0.2) is 235 Å². The molecule has 15 rings (SSSR count). The molecule has 10 aromatic carbocycles. The second kappa shape index (κ2) is 14.4. The standard InChI is InChI=1S/C64H38N4O/c1-3-18-39(19-4-1)41-22-17-23-42(38-41)62-65-61(40-20-5-2-6-21-40)66-63(67-62)48-34-36-55(60-57(48)47-28-11-16-33-56(47)69-60)68-53-32-15-10-27-46(53)59-54(68)37-35-52-58(59)45-26-9-14-31-51(45)64(52)49-29-12-7-24-43(49)44-25-8-13-30-50(44)64/h1-38H. The van der Waals surface area contributed by atoms with Crippen molar-refractivity contribution in [1.29, 1.82) is 0 Å². The van der Waals surface area contributed by atoms with Gasteiger partial charge in [-0.2, -0.15) is 0 Å². The molecule has 13 aromatic rings. The molecule has 2 aliphatic carbocycles. The first kappa shape index (κ1) is 38.0. The van der Waals surface area contributed by atoms with E-state index in [0.717, 1.165) is 66.5 Å². The Morgan fingerprint density at radius 2 is 0.913 bits per heavy atom. The van der Waals surface area contributed by atoms with Crippen LogP contribution in [0.25, 0.3) is 117 Å². The summed E-state index contributed by atoms with van der Waals surface area (Å²) in [5, 5.41) is 4.37. The Morgan fingerprint density at radius 3 is 1.67 bits per heavy atom. The highest BCUT2D eigenvalue weighted by Crippen LogP contribution is 2.64. The number of benzene rings is 10. The van der Waals surface area contributed by atoms with Crippen molar-refractivity contribution < 1.29 is 4.42 Å². The minimum Gasteiger partial charge on any atom is -0.454 e. The van der Waals surface area contributed by atoms with Crippen molar-refractivity contribution in [2.45, 2.75) is 5.41 Å². The van der Waals surface area contributed by atoms with Gasteiger partial charge >= 0.3 is 0 Å².